The number of alkyl halides is 1. The SMILES string of the molecule is CCCC(CC)CCC(C)CPCF. The topological polar surface area (TPSA) is 0 Å². The number of rotatable bonds is 9. The molecule has 0 saturated carbocycles. The predicted molar refractivity (Wildman–Crippen MR) is 66.2 cm³/mol. The zero-order valence-electron chi connectivity index (χ0n) is 9.98. The summed E-state index contributed by atoms with van der Waals surface area (Å²) in [4.78, 5) is 0. The van der Waals surface area contributed by atoms with Crippen molar-refractivity contribution in [3.63, 3.8) is 0 Å². The average molecular weight is 220 g/mol. The largest absolute Gasteiger partial charge is 0.246 e. The van der Waals surface area contributed by atoms with Crippen LogP contribution in [0.15, 0.2) is 0 Å². The van der Waals surface area contributed by atoms with Crippen LogP contribution in [0.1, 0.15) is 52.9 Å². The molecule has 0 aliphatic carbocycles. The number of hydrogen-bond donors (Lipinski definition) is 0. The molecule has 0 bridgehead atoms. The summed E-state index contributed by atoms with van der Waals surface area (Å²) < 4.78 is 12.0. The van der Waals surface area contributed by atoms with Crippen molar-refractivity contribution < 1.29 is 4.39 Å². The van der Waals surface area contributed by atoms with E-state index in [1.807, 2.05) is 0 Å². The van der Waals surface area contributed by atoms with Crippen LogP contribution in [0.25, 0.3) is 0 Å². The normalized spacial score (nSPS) is 16.3. The lowest BCUT2D eigenvalue weighted by atomic mass is 9.92. The van der Waals surface area contributed by atoms with E-state index in [1.54, 1.807) is 0 Å². The molecule has 0 amide bonds. The standard InChI is InChI=1S/C12H26FP/c1-4-6-12(5-2)8-7-11(3)9-14-10-13/h11-12,14H,4-10H2,1-3H3. The van der Waals surface area contributed by atoms with Gasteiger partial charge in [-0.1, -0.05) is 61.5 Å². The summed E-state index contributed by atoms with van der Waals surface area (Å²) in [7, 11) is 0.534. The fraction of sp³-hybridized carbons (Fsp3) is 1.00. The Hall–Kier alpha value is 0.360. The van der Waals surface area contributed by atoms with Gasteiger partial charge in [0.1, 0.15) is 6.42 Å². The van der Waals surface area contributed by atoms with Gasteiger partial charge in [-0.2, -0.15) is 0 Å². The lowest BCUT2D eigenvalue weighted by molar-refractivity contribution is 0.389. The van der Waals surface area contributed by atoms with Crippen LogP contribution in [-0.2, 0) is 0 Å². The maximum absolute atomic E-state index is 12.0. The molecule has 86 valence electrons. The van der Waals surface area contributed by atoms with E-state index in [-0.39, 0.29) is 6.42 Å². The van der Waals surface area contributed by atoms with E-state index in [1.165, 1.54) is 32.1 Å². The minimum Gasteiger partial charge on any atom is -0.246 e. The maximum atomic E-state index is 12.0. The van der Waals surface area contributed by atoms with Gasteiger partial charge in [0, 0.05) is 0 Å². The summed E-state index contributed by atoms with van der Waals surface area (Å²) in [5.41, 5.74) is 0. The Bertz CT molecular complexity index is 117. The third-order valence-electron chi connectivity index (χ3n) is 2.93. The van der Waals surface area contributed by atoms with Gasteiger partial charge in [0.05, 0.1) is 0 Å². The van der Waals surface area contributed by atoms with Crippen LogP contribution in [0.3, 0.4) is 0 Å². The van der Waals surface area contributed by atoms with Crippen molar-refractivity contribution in [2.75, 3.05) is 12.6 Å². The fourth-order valence-corrected chi connectivity index (χ4v) is 2.69. The molecule has 0 fully saturated rings. The van der Waals surface area contributed by atoms with E-state index in [2.05, 4.69) is 20.8 Å². The Morgan fingerprint density at radius 1 is 1.14 bits per heavy atom. The van der Waals surface area contributed by atoms with Crippen molar-refractivity contribution in [3.8, 4) is 0 Å². The molecule has 0 N–H and O–H groups in total. The molecular weight excluding hydrogens is 194 g/mol. The molecule has 0 aromatic rings. The average Bonchev–Trinajstić information content (AvgIpc) is 2.21. The van der Waals surface area contributed by atoms with Crippen LogP contribution in [0.2, 0.25) is 0 Å². The number of hydrogen-bond acceptors (Lipinski definition) is 0. The summed E-state index contributed by atoms with van der Waals surface area (Å²) in [6, 6.07) is 0. The third-order valence-corrected chi connectivity index (χ3v) is 4.10. The first-order valence-electron chi connectivity index (χ1n) is 6.01. The van der Waals surface area contributed by atoms with E-state index in [0.29, 0.717) is 8.58 Å². The molecule has 0 nitrogen and oxygen atoms in total. The van der Waals surface area contributed by atoms with Gasteiger partial charge >= 0.3 is 0 Å². The highest BCUT2D eigenvalue weighted by Crippen LogP contribution is 2.24. The molecule has 0 radical (unpaired) electrons. The van der Waals surface area contributed by atoms with E-state index >= 15 is 0 Å². The minimum atomic E-state index is -0.115. The summed E-state index contributed by atoms with van der Waals surface area (Å²) >= 11 is 0. The van der Waals surface area contributed by atoms with Crippen molar-refractivity contribution in [1.82, 2.24) is 0 Å². The molecule has 0 heterocycles. The highest BCUT2D eigenvalue weighted by molar-refractivity contribution is 7.37. The van der Waals surface area contributed by atoms with Gasteiger partial charge in [-0.05, 0) is 18.0 Å². The summed E-state index contributed by atoms with van der Waals surface area (Å²) in [5.74, 6) is 1.64. The molecule has 0 rings (SSSR count). The highest BCUT2D eigenvalue weighted by atomic mass is 31.1. The zero-order chi connectivity index (χ0) is 10.8. The Balaban J connectivity index is 3.46. The van der Waals surface area contributed by atoms with Crippen LogP contribution < -0.4 is 0 Å². The van der Waals surface area contributed by atoms with E-state index in [9.17, 15) is 4.39 Å². The Kier molecular flexibility index (Phi) is 10.2. The molecule has 2 heteroatoms. The van der Waals surface area contributed by atoms with Gasteiger partial charge in [0.2, 0.25) is 0 Å². The van der Waals surface area contributed by atoms with Gasteiger partial charge in [0.25, 0.3) is 0 Å². The van der Waals surface area contributed by atoms with Gasteiger partial charge in [0.15, 0.2) is 0 Å². The van der Waals surface area contributed by atoms with Crippen molar-refractivity contribution in [1.29, 1.82) is 0 Å². The van der Waals surface area contributed by atoms with Crippen molar-refractivity contribution in [2.45, 2.75) is 52.9 Å². The lowest BCUT2D eigenvalue weighted by Gasteiger charge is -2.16. The minimum absolute atomic E-state index is 0.115. The molecule has 3 unspecified atom stereocenters. The maximum Gasteiger partial charge on any atom is 0.106 e. The Morgan fingerprint density at radius 2 is 1.86 bits per heavy atom. The van der Waals surface area contributed by atoms with Crippen LogP contribution >= 0.6 is 8.58 Å². The van der Waals surface area contributed by atoms with Crippen LogP contribution in [-0.4, -0.2) is 12.6 Å². The molecular formula is C12H26FP. The Labute approximate surface area is 90.8 Å². The van der Waals surface area contributed by atoms with Crippen molar-refractivity contribution >= 4 is 8.58 Å². The smallest absolute Gasteiger partial charge is 0.106 e. The predicted octanol–water partition coefficient (Wildman–Crippen LogP) is 4.83. The van der Waals surface area contributed by atoms with Gasteiger partial charge in [-0.15, -0.1) is 0 Å². The molecule has 3 atom stereocenters. The molecule has 0 aromatic carbocycles. The molecule has 0 saturated heterocycles. The van der Waals surface area contributed by atoms with Crippen molar-refractivity contribution in [2.24, 2.45) is 11.8 Å². The second kappa shape index (κ2) is 9.90. The molecule has 0 aliphatic heterocycles. The second-order valence-corrected chi connectivity index (χ2v) is 5.51. The molecule has 14 heavy (non-hydrogen) atoms. The summed E-state index contributed by atoms with van der Waals surface area (Å²) in [6.45, 7) is 6.81. The monoisotopic (exact) mass is 220 g/mol. The lowest BCUT2D eigenvalue weighted by Crippen LogP contribution is -2.04. The van der Waals surface area contributed by atoms with Crippen molar-refractivity contribution in [3.05, 3.63) is 0 Å². The first kappa shape index (κ1) is 14.4. The first-order valence-corrected chi connectivity index (χ1v) is 7.42. The van der Waals surface area contributed by atoms with E-state index < -0.39 is 0 Å². The molecule has 0 aromatic heterocycles. The van der Waals surface area contributed by atoms with Crippen LogP contribution in [0, 0.1) is 11.8 Å². The van der Waals surface area contributed by atoms with E-state index in [4.69, 9.17) is 0 Å². The van der Waals surface area contributed by atoms with E-state index in [0.717, 1.165) is 18.0 Å². The first-order chi connectivity index (χ1) is 6.74. The second-order valence-electron chi connectivity index (χ2n) is 4.33. The fourth-order valence-electron chi connectivity index (χ4n) is 1.88. The van der Waals surface area contributed by atoms with Gasteiger partial charge in [-0.25, -0.2) is 4.39 Å². The van der Waals surface area contributed by atoms with Gasteiger partial charge < -0.3 is 0 Å². The molecule has 0 spiro atoms. The zero-order valence-corrected chi connectivity index (χ0v) is 11.0. The van der Waals surface area contributed by atoms with Crippen LogP contribution in [0.4, 0.5) is 4.39 Å². The Morgan fingerprint density at radius 3 is 2.36 bits per heavy atom. The third kappa shape index (κ3) is 7.74. The highest BCUT2D eigenvalue weighted by Gasteiger charge is 2.08. The molecule has 0 aliphatic rings. The summed E-state index contributed by atoms with van der Waals surface area (Å²) in [6.07, 6.45) is 7.61. The quantitative estimate of drug-likeness (QED) is 0.488. The number of halogens is 1. The van der Waals surface area contributed by atoms with Gasteiger partial charge in [-0.3, -0.25) is 0 Å². The van der Waals surface area contributed by atoms with Crippen LogP contribution in [0.5, 0.6) is 0 Å². The summed E-state index contributed by atoms with van der Waals surface area (Å²) in [5, 5.41) is 0.